The van der Waals surface area contributed by atoms with Crippen molar-refractivity contribution in [3.05, 3.63) is 59.4 Å². The lowest BCUT2D eigenvalue weighted by Gasteiger charge is -2.11. The maximum atomic E-state index is 12.5. The highest BCUT2D eigenvalue weighted by atomic mass is 32.2. The fraction of sp³-hybridized carbons (Fsp3) is 0.263. The van der Waals surface area contributed by atoms with Gasteiger partial charge in [0.15, 0.2) is 0 Å². The van der Waals surface area contributed by atoms with Gasteiger partial charge in [-0.1, -0.05) is 18.2 Å². The Morgan fingerprint density at radius 2 is 2.00 bits per heavy atom. The minimum Gasteiger partial charge on any atom is -0.350 e. The number of benzene rings is 2. The maximum Gasteiger partial charge on any atom is 0.251 e. The molecule has 24 heavy (non-hydrogen) atoms. The van der Waals surface area contributed by atoms with Gasteiger partial charge in [-0.15, -0.1) is 11.8 Å². The summed E-state index contributed by atoms with van der Waals surface area (Å²) in [4.78, 5) is 18.1. The van der Waals surface area contributed by atoms with Crippen LogP contribution in [0.25, 0.3) is 11.0 Å². The fourth-order valence-corrected chi connectivity index (χ4v) is 3.27. The molecule has 0 saturated carbocycles. The van der Waals surface area contributed by atoms with E-state index in [9.17, 15) is 4.79 Å². The summed E-state index contributed by atoms with van der Waals surface area (Å²) in [5.41, 5.74) is 3.83. The number of amides is 1. The van der Waals surface area contributed by atoms with Crippen molar-refractivity contribution >= 4 is 28.7 Å². The quantitative estimate of drug-likeness (QED) is 0.719. The molecule has 0 aliphatic heterocycles. The van der Waals surface area contributed by atoms with Gasteiger partial charge >= 0.3 is 0 Å². The number of hydrogen-bond donors (Lipinski definition) is 1. The van der Waals surface area contributed by atoms with Crippen LogP contribution in [0.15, 0.2) is 47.4 Å². The monoisotopic (exact) mass is 339 g/mol. The number of aryl methyl sites for hydroxylation is 2. The summed E-state index contributed by atoms with van der Waals surface area (Å²) in [6.45, 7) is 5.24. The number of carbonyl (C=O) groups is 1. The third kappa shape index (κ3) is 3.31. The van der Waals surface area contributed by atoms with Crippen molar-refractivity contribution in [2.24, 2.45) is 0 Å². The predicted octanol–water partition coefficient (Wildman–Crippen LogP) is 3.81. The first-order valence-corrected chi connectivity index (χ1v) is 9.17. The van der Waals surface area contributed by atoms with E-state index in [2.05, 4.69) is 20.9 Å². The highest BCUT2D eigenvalue weighted by molar-refractivity contribution is 7.98. The molecule has 0 fully saturated rings. The number of hydrogen-bond acceptors (Lipinski definition) is 3. The van der Waals surface area contributed by atoms with E-state index in [0.29, 0.717) is 13.1 Å². The van der Waals surface area contributed by atoms with Gasteiger partial charge in [-0.3, -0.25) is 4.79 Å². The summed E-state index contributed by atoms with van der Waals surface area (Å²) < 4.78 is 2.14. The largest absolute Gasteiger partial charge is 0.350 e. The van der Waals surface area contributed by atoms with Gasteiger partial charge < -0.3 is 9.88 Å². The number of nitrogens with zero attached hydrogens (tertiary/aromatic N) is 2. The lowest BCUT2D eigenvalue weighted by Crippen LogP contribution is -2.28. The molecule has 1 N–H and O–H groups in total. The van der Waals surface area contributed by atoms with Crippen molar-refractivity contribution < 1.29 is 4.79 Å². The van der Waals surface area contributed by atoms with E-state index in [0.717, 1.165) is 32.9 Å². The Morgan fingerprint density at radius 1 is 1.21 bits per heavy atom. The first kappa shape index (κ1) is 16.6. The van der Waals surface area contributed by atoms with Crippen molar-refractivity contribution in [3.63, 3.8) is 0 Å². The fourth-order valence-electron chi connectivity index (χ4n) is 2.83. The molecular formula is C19H21N3OS. The minimum atomic E-state index is -0.0227. The first-order chi connectivity index (χ1) is 11.6. The summed E-state index contributed by atoms with van der Waals surface area (Å²) in [5, 5.41) is 3.02. The number of nitrogens with one attached hydrogen (secondary N) is 1. The van der Waals surface area contributed by atoms with Crippen LogP contribution in [-0.2, 0) is 6.54 Å². The van der Waals surface area contributed by atoms with Crippen LogP contribution in [0.5, 0.6) is 0 Å². The second-order valence-electron chi connectivity index (χ2n) is 5.74. The Hall–Kier alpha value is -2.27. The van der Waals surface area contributed by atoms with Crippen molar-refractivity contribution in [3.8, 4) is 0 Å². The summed E-state index contributed by atoms with van der Waals surface area (Å²) in [6.07, 6.45) is 2.01. The summed E-state index contributed by atoms with van der Waals surface area (Å²) in [5.74, 6) is 0.941. The van der Waals surface area contributed by atoms with E-state index in [1.54, 1.807) is 11.8 Å². The smallest absolute Gasteiger partial charge is 0.251 e. The normalized spacial score (nSPS) is 11.0. The molecule has 0 radical (unpaired) electrons. The zero-order valence-corrected chi connectivity index (χ0v) is 15.0. The molecule has 0 aliphatic carbocycles. The molecule has 1 heterocycles. The molecule has 0 saturated heterocycles. The van der Waals surface area contributed by atoms with E-state index >= 15 is 0 Å². The zero-order valence-electron chi connectivity index (χ0n) is 14.2. The molecule has 3 aromatic rings. The molecule has 0 spiro atoms. The van der Waals surface area contributed by atoms with E-state index in [1.807, 2.05) is 56.5 Å². The molecule has 1 aromatic heterocycles. The first-order valence-electron chi connectivity index (χ1n) is 7.95. The molecule has 2 aromatic carbocycles. The minimum absolute atomic E-state index is 0.0227. The Bertz CT molecular complexity index is 885. The SMILES string of the molecule is CSc1ccc(C)c(C(=O)NCCn2c(C)nc3ccccc32)c1. The van der Waals surface area contributed by atoms with E-state index in [1.165, 1.54) is 0 Å². The summed E-state index contributed by atoms with van der Waals surface area (Å²) in [7, 11) is 0. The van der Waals surface area contributed by atoms with Gasteiger partial charge in [0, 0.05) is 23.5 Å². The maximum absolute atomic E-state index is 12.5. The number of rotatable bonds is 5. The standard InChI is InChI=1S/C19H21N3OS/c1-13-8-9-15(24-3)12-16(13)19(23)20-10-11-22-14(2)21-17-6-4-5-7-18(17)22/h4-9,12H,10-11H2,1-3H3,(H,20,23). The molecule has 0 bridgehead atoms. The molecular weight excluding hydrogens is 318 g/mol. The molecule has 124 valence electrons. The Labute approximate surface area is 146 Å². The van der Waals surface area contributed by atoms with Crippen LogP contribution in [0.1, 0.15) is 21.7 Å². The molecule has 3 rings (SSSR count). The average Bonchev–Trinajstić information content (AvgIpc) is 2.91. The second kappa shape index (κ2) is 7.09. The number of fused-ring (bicyclic) bond motifs is 1. The second-order valence-corrected chi connectivity index (χ2v) is 6.62. The zero-order chi connectivity index (χ0) is 17.1. The lowest BCUT2D eigenvalue weighted by atomic mass is 10.1. The van der Waals surface area contributed by atoms with Crippen LogP contribution in [0.2, 0.25) is 0 Å². The molecule has 1 amide bonds. The van der Waals surface area contributed by atoms with Crippen LogP contribution in [0, 0.1) is 13.8 Å². The molecule has 0 atom stereocenters. The van der Waals surface area contributed by atoms with Crippen molar-refractivity contribution in [1.82, 2.24) is 14.9 Å². The van der Waals surface area contributed by atoms with Crippen LogP contribution in [0.3, 0.4) is 0 Å². The highest BCUT2D eigenvalue weighted by Gasteiger charge is 2.11. The number of aromatic nitrogens is 2. The molecule has 5 heteroatoms. The summed E-state index contributed by atoms with van der Waals surface area (Å²) in [6, 6.07) is 14.1. The van der Waals surface area contributed by atoms with Crippen LogP contribution < -0.4 is 5.32 Å². The van der Waals surface area contributed by atoms with E-state index in [-0.39, 0.29) is 5.91 Å². The van der Waals surface area contributed by atoms with Crippen LogP contribution in [0.4, 0.5) is 0 Å². The number of para-hydroxylation sites is 2. The van der Waals surface area contributed by atoms with Crippen LogP contribution >= 0.6 is 11.8 Å². The van der Waals surface area contributed by atoms with Crippen molar-refractivity contribution in [1.29, 1.82) is 0 Å². The van der Waals surface area contributed by atoms with Gasteiger partial charge in [0.1, 0.15) is 5.82 Å². The number of carbonyl (C=O) groups excluding carboxylic acids is 1. The third-order valence-corrected chi connectivity index (χ3v) is 4.88. The number of imidazole rings is 1. The topological polar surface area (TPSA) is 46.9 Å². The van der Waals surface area contributed by atoms with E-state index < -0.39 is 0 Å². The van der Waals surface area contributed by atoms with Gasteiger partial charge in [0.05, 0.1) is 11.0 Å². The lowest BCUT2D eigenvalue weighted by molar-refractivity contribution is 0.0951. The highest BCUT2D eigenvalue weighted by Crippen LogP contribution is 2.19. The van der Waals surface area contributed by atoms with Gasteiger partial charge in [-0.25, -0.2) is 4.98 Å². The Morgan fingerprint density at radius 3 is 2.79 bits per heavy atom. The predicted molar refractivity (Wildman–Crippen MR) is 99.8 cm³/mol. The Kier molecular flexibility index (Phi) is 4.90. The third-order valence-electron chi connectivity index (χ3n) is 4.16. The van der Waals surface area contributed by atoms with Gasteiger partial charge in [0.25, 0.3) is 5.91 Å². The number of thioether (sulfide) groups is 1. The molecule has 0 aliphatic rings. The Balaban J connectivity index is 1.70. The van der Waals surface area contributed by atoms with Gasteiger partial charge in [-0.2, -0.15) is 0 Å². The molecule has 0 unspecified atom stereocenters. The molecule has 4 nitrogen and oxygen atoms in total. The van der Waals surface area contributed by atoms with Gasteiger partial charge in [0.2, 0.25) is 0 Å². The van der Waals surface area contributed by atoms with Crippen molar-refractivity contribution in [2.45, 2.75) is 25.3 Å². The summed E-state index contributed by atoms with van der Waals surface area (Å²) >= 11 is 1.64. The van der Waals surface area contributed by atoms with E-state index in [4.69, 9.17) is 0 Å². The van der Waals surface area contributed by atoms with Crippen LogP contribution in [-0.4, -0.2) is 28.3 Å². The van der Waals surface area contributed by atoms with Crippen molar-refractivity contribution in [2.75, 3.05) is 12.8 Å². The average molecular weight is 339 g/mol. The van der Waals surface area contributed by atoms with Gasteiger partial charge in [-0.05, 0) is 49.9 Å².